The minimum Gasteiger partial charge on any atom is -0.383 e. The van der Waals surface area contributed by atoms with Gasteiger partial charge in [0.1, 0.15) is 6.10 Å². The molecule has 1 aliphatic rings. The lowest BCUT2D eigenvalue weighted by molar-refractivity contribution is -0.131. The van der Waals surface area contributed by atoms with Crippen LogP contribution in [0.4, 0.5) is 0 Å². The normalized spacial score (nSPS) is 30.1. The van der Waals surface area contributed by atoms with Crippen LogP contribution in [0.25, 0.3) is 0 Å². The highest BCUT2D eigenvalue weighted by Gasteiger charge is 2.35. The number of aliphatic hydroxyl groups excluding tert-OH is 1. The average molecular weight is 171 g/mol. The summed E-state index contributed by atoms with van der Waals surface area (Å²) in [5.74, 6) is 0.367. The van der Waals surface area contributed by atoms with E-state index in [4.69, 9.17) is 0 Å². The zero-order valence-corrected chi connectivity index (χ0v) is 7.87. The molecular weight excluding hydrogens is 154 g/mol. The maximum absolute atomic E-state index is 11.2. The number of carbonyl (C=O) groups excluding carboxylic acids is 1. The lowest BCUT2D eigenvalue weighted by Crippen LogP contribution is -2.39. The van der Waals surface area contributed by atoms with Crippen molar-refractivity contribution in [3.05, 3.63) is 0 Å². The van der Waals surface area contributed by atoms with Gasteiger partial charge in [-0.05, 0) is 18.3 Å². The molecule has 3 heteroatoms. The molecule has 1 amide bonds. The Hall–Kier alpha value is -0.570. The first-order valence-electron chi connectivity index (χ1n) is 4.50. The molecule has 0 spiro atoms. The van der Waals surface area contributed by atoms with Crippen molar-refractivity contribution in [1.29, 1.82) is 0 Å². The Morgan fingerprint density at radius 2 is 2.08 bits per heavy atom. The largest absolute Gasteiger partial charge is 0.383 e. The minimum atomic E-state index is -0.849. The summed E-state index contributed by atoms with van der Waals surface area (Å²) < 4.78 is 0. The molecule has 1 saturated carbocycles. The number of aliphatic hydroxyl groups is 1. The summed E-state index contributed by atoms with van der Waals surface area (Å²) in [6.07, 6.45) is 0.203. The first-order chi connectivity index (χ1) is 5.52. The predicted octanol–water partition coefficient (Wildman–Crippen LogP) is 0.528. The number of amides is 1. The van der Waals surface area contributed by atoms with Gasteiger partial charge in [-0.3, -0.25) is 4.79 Å². The zero-order chi connectivity index (χ0) is 9.30. The van der Waals surface area contributed by atoms with Gasteiger partial charge in [-0.25, -0.2) is 0 Å². The third-order valence-electron chi connectivity index (χ3n) is 2.34. The van der Waals surface area contributed by atoms with Crippen LogP contribution < -0.4 is 5.32 Å². The van der Waals surface area contributed by atoms with Gasteiger partial charge in [-0.1, -0.05) is 20.8 Å². The van der Waals surface area contributed by atoms with E-state index in [1.54, 1.807) is 0 Å². The Labute approximate surface area is 73.2 Å². The number of nitrogens with one attached hydrogen (secondary N) is 1. The lowest BCUT2D eigenvalue weighted by atomic mass is 10.1. The summed E-state index contributed by atoms with van der Waals surface area (Å²) in [4.78, 5) is 11.2. The van der Waals surface area contributed by atoms with Crippen LogP contribution >= 0.6 is 0 Å². The smallest absolute Gasteiger partial charge is 0.249 e. The van der Waals surface area contributed by atoms with Crippen LogP contribution in [0.2, 0.25) is 0 Å². The average Bonchev–Trinajstić information content (AvgIpc) is 2.64. The molecule has 12 heavy (non-hydrogen) atoms. The van der Waals surface area contributed by atoms with E-state index in [1.165, 1.54) is 0 Å². The molecule has 0 bridgehead atoms. The van der Waals surface area contributed by atoms with Crippen LogP contribution in [0.5, 0.6) is 0 Å². The molecule has 0 aliphatic heterocycles. The van der Waals surface area contributed by atoms with Gasteiger partial charge in [0.05, 0.1) is 0 Å². The zero-order valence-electron chi connectivity index (χ0n) is 7.87. The molecule has 1 rings (SSSR count). The van der Waals surface area contributed by atoms with Crippen molar-refractivity contribution in [1.82, 2.24) is 5.32 Å². The maximum atomic E-state index is 11.2. The van der Waals surface area contributed by atoms with Gasteiger partial charge in [0, 0.05) is 6.04 Å². The van der Waals surface area contributed by atoms with Crippen molar-refractivity contribution in [2.24, 2.45) is 11.8 Å². The molecule has 3 atom stereocenters. The van der Waals surface area contributed by atoms with Crippen LogP contribution in [-0.4, -0.2) is 23.2 Å². The fourth-order valence-corrected chi connectivity index (χ4v) is 1.09. The van der Waals surface area contributed by atoms with Gasteiger partial charge in [0.15, 0.2) is 0 Å². The van der Waals surface area contributed by atoms with Gasteiger partial charge in [0.25, 0.3) is 0 Å². The second kappa shape index (κ2) is 3.44. The van der Waals surface area contributed by atoms with Crippen molar-refractivity contribution in [2.75, 3.05) is 0 Å². The van der Waals surface area contributed by atoms with Gasteiger partial charge >= 0.3 is 0 Å². The van der Waals surface area contributed by atoms with Crippen molar-refractivity contribution in [3.63, 3.8) is 0 Å². The topological polar surface area (TPSA) is 49.3 Å². The summed E-state index contributed by atoms with van der Waals surface area (Å²) in [6, 6.07) is 0.311. The van der Waals surface area contributed by atoms with Crippen molar-refractivity contribution in [2.45, 2.75) is 39.3 Å². The molecule has 0 radical (unpaired) electrons. The second-order valence-electron chi connectivity index (χ2n) is 4.02. The van der Waals surface area contributed by atoms with E-state index in [9.17, 15) is 9.90 Å². The quantitative estimate of drug-likeness (QED) is 0.650. The molecule has 0 aromatic rings. The molecule has 1 aliphatic carbocycles. The summed E-state index contributed by atoms with van der Waals surface area (Å²) in [5.41, 5.74) is 0. The predicted molar refractivity (Wildman–Crippen MR) is 46.6 cm³/mol. The molecule has 3 nitrogen and oxygen atoms in total. The van der Waals surface area contributed by atoms with Crippen molar-refractivity contribution in [3.8, 4) is 0 Å². The van der Waals surface area contributed by atoms with E-state index in [1.807, 2.05) is 13.8 Å². The number of hydrogen-bond donors (Lipinski definition) is 2. The Kier molecular flexibility index (Phi) is 2.73. The summed E-state index contributed by atoms with van der Waals surface area (Å²) >= 11 is 0. The molecule has 0 aromatic carbocycles. The monoisotopic (exact) mass is 171 g/mol. The van der Waals surface area contributed by atoms with Crippen LogP contribution in [-0.2, 0) is 4.79 Å². The van der Waals surface area contributed by atoms with Gasteiger partial charge in [-0.15, -0.1) is 0 Å². The highest BCUT2D eigenvalue weighted by atomic mass is 16.3. The minimum absolute atomic E-state index is 0.000874. The molecular formula is C9H17NO2. The summed E-state index contributed by atoms with van der Waals surface area (Å²) in [6.45, 7) is 5.76. The lowest BCUT2D eigenvalue weighted by Gasteiger charge is -2.13. The van der Waals surface area contributed by atoms with Gasteiger partial charge < -0.3 is 10.4 Å². The van der Waals surface area contributed by atoms with Gasteiger partial charge in [-0.2, -0.15) is 0 Å². The summed E-state index contributed by atoms with van der Waals surface area (Å²) in [5, 5.41) is 12.1. The second-order valence-corrected chi connectivity index (χ2v) is 4.02. The third-order valence-corrected chi connectivity index (χ3v) is 2.34. The number of carbonyl (C=O) groups is 1. The van der Waals surface area contributed by atoms with Crippen LogP contribution in [0.3, 0.4) is 0 Å². The fraction of sp³-hybridized carbons (Fsp3) is 0.889. The molecule has 0 heterocycles. The summed E-state index contributed by atoms with van der Waals surface area (Å²) in [7, 11) is 0. The SMILES string of the molecule is CC1CC1NC(=O)[C@H](O)C(C)C. The number of hydrogen-bond acceptors (Lipinski definition) is 2. The van der Waals surface area contributed by atoms with Crippen LogP contribution in [0.1, 0.15) is 27.2 Å². The highest BCUT2D eigenvalue weighted by Crippen LogP contribution is 2.29. The first kappa shape index (κ1) is 9.52. The molecule has 2 N–H and O–H groups in total. The molecule has 70 valence electrons. The Morgan fingerprint density at radius 1 is 1.58 bits per heavy atom. The van der Waals surface area contributed by atoms with Gasteiger partial charge in [0.2, 0.25) is 5.91 Å². The van der Waals surface area contributed by atoms with E-state index in [0.29, 0.717) is 12.0 Å². The Bertz CT molecular complexity index is 179. The third kappa shape index (κ3) is 2.21. The van der Waals surface area contributed by atoms with Crippen molar-refractivity contribution < 1.29 is 9.90 Å². The Balaban J connectivity index is 2.28. The fourth-order valence-electron chi connectivity index (χ4n) is 1.09. The molecule has 0 saturated heterocycles. The van der Waals surface area contributed by atoms with E-state index >= 15 is 0 Å². The van der Waals surface area contributed by atoms with E-state index < -0.39 is 6.10 Å². The highest BCUT2D eigenvalue weighted by molar-refractivity contribution is 5.81. The molecule has 2 unspecified atom stereocenters. The van der Waals surface area contributed by atoms with Crippen LogP contribution in [0.15, 0.2) is 0 Å². The van der Waals surface area contributed by atoms with Crippen molar-refractivity contribution >= 4 is 5.91 Å². The standard InChI is InChI=1S/C9H17NO2/c1-5(2)8(11)9(12)10-7-4-6(7)3/h5-8,11H,4H2,1-3H3,(H,10,12)/t6?,7?,8-/m1/s1. The molecule has 0 aromatic heterocycles. The van der Waals surface area contributed by atoms with E-state index in [0.717, 1.165) is 6.42 Å². The van der Waals surface area contributed by atoms with E-state index in [-0.39, 0.29) is 11.8 Å². The Morgan fingerprint density at radius 3 is 2.42 bits per heavy atom. The van der Waals surface area contributed by atoms with E-state index in [2.05, 4.69) is 12.2 Å². The number of rotatable bonds is 3. The van der Waals surface area contributed by atoms with Crippen LogP contribution in [0, 0.1) is 11.8 Å². The first-order valence-corrected chi connectivity index (χ1v) is 4.50. The maximum Gasteiger partial charge on any atom is 0.249 e. The molecule has 1 fully saturated rings.